The summed E-state index contributed by atoms with van der Waals surface area (Å²) < 4.78 is 15.5. The Morgan fingerprint density at radius 2 is 1.62 bits per heavy atom. The Kier molecular flexibility index (Phi) is 13.9. The van der Waals surface area contributed by atoms with Crippen molar-refractivity contribution >= 4 is 12.3 Å². The molecule has 9 heteroatoms. The van der Waals surface area contributed by atoms with Crippen molar-refractivity contribution < 1.29 is 28.4 Å². The van der Waals surface area contributed by atoms with Crippen LogP contribution in [0.1, 0.15) is 51.5 Å². The maximum atomic E-state index is 12.8. The molecule has 9 nitrogen and oxygen atoms in total. The first-order valence-electron chi connectivity index (χ1n) is 14.2. The van der Waals surface area contributed by atoms with Crippen LogP contribution in [0.3, 0.4) is 0 Å². The van der Waals surface area contributed by atoms with Gasteiger partial charge in [-0.15, -0.1) is 0 Å². The van der Waals surface area contributed by atoms with Gasteiger partial charge in [0.1, 0.15) is 6.04 Å². The van der Waals surface area contributed by atoms with E-state index in [2.05, 4.69) is 24.1 Å². The first kappa shape index (κ1) is 33.1. The van der Waals surface area contributed by atoms with Crippen LogP contribution in [0, 0.1) is 5.21 Å². The van der Waals surface area contributed by atoms with Crippen LogP contribution in [-0.2, 0) is 16.0 Å². The minimum atomic E-state index is -0.797. The first-order valence-corrected chi connectivity index (χ1v) is 14.2. The van der Waals surface area contributed by atoms with E-state index in [0.29, 0.717) is 36.8 Å². The lowest BCUT2D eigenvalue weighted by Gasteiger charge is -2.46. The van der Waals surface area contributed by atoms with Crippen LogP contribution in [-0.4, -0.2) is 82.5 Å². The fraction of sp³-hybridized carbons (Fsp3) is 0.548. The van der Waals surface area contributed by atoms with Crippen molar-refractivity contribution in [1.82, 2.24) is 10.2 Å². The van der Waals surface area contributed by atoms with Gasteiger partial charge in [0.25, 0.3) is 0 Å². The number of carbonyl (C=O) groups excluding carboxylic acids is 2. The monoisotopic (exact) mass is 557 g/mol. The van der Waals surface area contributed by atoms with Gasteiger partial charge in [-0.25, -0.2) is 4.79 Å². The van der Waals surface area contributed by atoms with Crippen molar-refractivity contribution in [2.75, 3.05) is 54.6 Å². The molecule has 1 aliphatic rings. The molecular formula is C31H47N3O6. The summed E-state index contributed by atoms with van der Waals surface area (Å²) in [4.78, 5) is 24.7. The molecule has 0 aromatic heterocycles. The second kappa shape index (κ2) is 16.8. The highest BCUT2D eigenvalue weighted by molar-refractivity contribution is 5.77. The molecule has 2 unspecified atom stereocenters. The summed E-state index contributed by atoms with van der Waals surface area (Å²) >= 11 is 0. The fourth-order valence-electron chi connectivity index (χ4n) is 4.85. The average molecular weight is 558 g/mol. The number of hydroxylamine groups is 3. The SMILES string of the molecule is CCCCCCNC=O.CCCN1CC[N+](C)([O-])C(=O)C1Cc1ccc(-c2cc(OC)c(OC)c(OC)c2)cc1. The number of hydrogen-bond acceptors (Lipinski definition) is 7. The van der Waals surface area contributed by atoms with Gasteiger partial charge in [-0.3, -0.25) is 14.3 Å². The Morgan fingerprint density at radius 1 is 0.975 bits per heavy atom. The molecule has 0 aliphatic carbocycles. The lowest BCUT2D eigenvalue weighted by atomic mass is 9.97. The number of carbonyl (C=O) groups is 2. The summed E-state index contributed by atoms with van der Waals surface area (Å²) in [5.74, 6) is 1.48. The second-order valence-electron chi connectivity index (χ2n) is 10.2. The summed E-state index contributed by atoms with van der Waals surface area (Å²) in [6, 6.07) is 11.5. The molecule has 0 bridgehead atoms. The number of nitrogens with zero attached hydrogens (tertiary/aromatic N) is 2. The van der Waals surface area contributed by atoms with Gasteiger partial charge in [0.15, 0.2) is 11.5 Å². The Hall–Kier alpha value is -3.14. The standard InChI is InChI=1S/C24H32N2O5.C7H15NO/c1-6-11-25-12-13-26(2,28)24(27)20(25)14-17-7-9-18(10-8-17)19-15-21(29-3)23(31-5)22(16-19)30-4;1-2-3-4-5-6-8-7-9/h7-10,15-16,20H,6,11-14H2,1-5H3;7H,2-6H2,1H3,(H,8,9). The van der Waals surface area contributed by atoms with Gasteiger partial charge < -0.3 is 24.7 Å². The molecule has 1 saturated heterocycles. The number of ether oxygens (including phenoxy) is 3. The van der Waals surface area contributed by atoms with Crippen molar-refractivity contribution in [1.29, 1.82) is 0 Å². The van der Waals surface area contributed by atoms with Crippen LogP contribution in [0.2, 0.25) is 0 Å². The summed E-state index contributed by atoms with van der Waals surface area (Å²) in [5.41, 5.74) is 2.96. The zero-order valence-corrected chi connectivity index (χ0v) is 25.0. The average Bonchev–Trinajstić information content (AvgIpc) is 2.97. The second-order valence-corrected chi connectivity index (χ2v) is 10.2. The van der Waals surface area contributed by atoms with E-state index in [1.807, 2.05) is 36.4 Å². The summed E-state index contributed by atoms with van der Waals surface area (Å²) in [7, 11) is 6.23. The predicted molar refractivity (Wildman–Crippen MR) is 159 cm³/mol. The molecule has 222 valence electrons. The Labute approximate surface area is 239 Å². The van der Waals surface area contributed by atoms with E-state index in [0.717, 1.165) is 49.0 Å². The maximum Gasteiger partial charge on any atom is 0.331 e. The van der Waals surface area contributed by atoms with Crippen LogP contribution in [0.4, 0.5) is 0 Å². The van der Waals surface area contributed by atoms with Gasteiger partial charge in [0.2, 0.25) is 12.2 Å². The fourth-order valence-corrected chi connectivity index (χ4v) is 4.85. The number of methoxy groups -OCH3 is 3. The number of hydrogen-bond donors (Lipinski definition) is 1. The molecule has 2 atom stereocenters. The number of unbranched alkanes of at least 4 members (excludes halogenated alkanes) is 3. The molecule has 40 heavy (non-hydrogen) atoms. The van der Waals surface area contributed by atoms with Crippen molar-refractivity contribution in [2.45, 2.75) is 58.4 Å². The predicted octanol–water partition coefficient (Wildman–Crippen LogP) is 4.80. The minimum Gasteiger partial charge on any atom is -0.625 e. The lowest BCUT2D eigenvalue weighted by Crippen LogP contribution is -2.63. The van der Waals surface area contributed by atoms with E-state index in [9.17, 15) is 14.8 Å². The highest BCUT2D eigenvalue weighted by Gasteiger charge is 2.40. The lowest BCUT2D eigenvalue weighted by molar-refractivity contribution is -0.788. The van der Waals surface area contributed by atoms with Gasteiger partial charge in [-0.05, 0) is 48.2 Å². The topological polar surface area (TPSA) is 100 Å². The molecule has 0 saturated carbocycles. The molecule has 0 spiro atoms. The van der Waals surface area contributed by atoms with E-state index in [1.165, 1.54) is 26.3 Å². The molecule has 1 N–H and O–H groups in total. The summed E-state index contributed by atoms with van der Waals surface area (Å²) in [6.45, 7) is 6.88. The molecule has 0 radical (unpaired) electrons. The maximum absolute atomic E-state index is 12.8. The van der Waals surface area contributed by atoms with E-state index in [4.69, 9.17) is 14.2 Å². The molecule has 2 aromatic rings. The molecule has 1 heterocycles. The molecule has 2 aromatic carbocycles. The van der Waals surface area contributed by atoms with Crippen LogP contribution < -0.4 is 19.5 Å². The number of benzene rings is 2. The normalized spacial score (nSPS) is 18.9. The molecule has 2 amide bonds. The van der Waals surface area contributed by atoms with Crippen LogP contribution in [0.5, 0.6) is 17.2 Å². The van der Waals surface area contributed by atoms with Gasteiger partial charge >= 0.3 is 5.91 Å². The smallest absolute Gasteiger partial charge is 0.331 e. The van der Waals surface area contributed by atoms with Crippen molar-refractivity contribution in [3.8, 4) is 28.4 Å². The number of nitrogens with one attached hydrogen (secondary N) is 1. The first-order chi connectivity index (χ1) is 19.3. The third-order valence-electron chi connectivity index (χ3n) is 7.16. The van der Waals surface area contributed by atoms with Crippen LogP contribution in [0.25, 0.3) is 11.1 Å². The summed E-state index contributed by atoms with van der Waals surface area (Å²) in [5, 5.41) is 15.2. The molecular weight excluding hydrogens is 510 g/mol. The van der Waals surface area contributed by atoms with Crippen LogP contribution >= 0.6 is 0 Å². The van der Waals surface area contributed by atoms with Gasteiger partial charge in [0.05, 0.1) is 34.9 Å². The third kappa shape index (κ3) is 9.21. The van der Waals surface area contributed by atoms with Crippen LogP contribution in [0.15, 0.2) is 36.4 Å². The number of piperazine rings is 1. The van der Waals surface area contributed by atoms with Crippen molar-refractivity contribution in [2.24, 2.45) is 0 Å². The number of likely N-dealkylation sites (N-methyl/N-ethyl adjacent to an activating group) is 1. The van der Waals surface area contributed by atoms with Gasteiger partial charge in [0, 0.05) is 19.5 Å². The van der Waals surface area contributed by atoms with Crippen molar-refractivity contribution in [3.05, 3.63) is 47.2 Å². The molecule has 1 fully saturated rings. The Bertz CT molecular complexity index is 1030. The Morgan fingerprint density at radius 3 is 2.15 bits per heavy atom. The molecule has 3 rings (SSSR count). The zero-order valence-electron chi connectivity index (χ0n) is 25.0. The van der Waals surface area contributed by atoms with E-state index >= 15 is 0 Å². The molecule has 1 aliphatic heterocycles. The van der Waals surface area contributed by atoms with Gasteiger partial charge in [-0.2, -0.15) is 0 Å². The highest BCUT2D eigenvalue weighted by Crippen LogP contribution is 2.41. The summed E-state index contributed by atoms with van der Waals surface area (Å²) in [6.07, 6.45) is 7.12. The Balaban J connectivity index is 0.000000536. The third-order valence-corrected chi connectivity index (χ3v) is 7.16. The number of amides is 2. The number of quaternary nitrogens is 1. The highest BCUT2D eigenvalue weighted by atomic mass is 16.6. The van der Waals surface area contributed by atoms with E-state index < -0.39 is 4.65 Å². The minimum absolute atomic E-state index is 0.256. The van der Waals surface area contributed by atoms with E-state index in [-0.39, 0.29) is 11.9 Å². The largest absolute Gasteiger partial charge is 0.625 e. The zero-order chi connectivity index (χ0) is 29.5. The van der Waals surface area contributed by atoms with E-state index in [1.54, 1.807) is 21.3 Å². The van der Waals surface area contributed by atoms with Gasteiger partial charge in [-0.1, -0.05) is 57.4 Å². The van der Waals surface area contributed by atoms with Crippen molar-refractivity contribution in [3.63, 3.8) is 0 Å². The quantitative estimate of drug-likeness (QED) is 0.154. The number of rotatable bonds is 14.